The predicted molar refractivity (Wildman–Crippen MR) is 92.4 cm³/mol. The second-order valence-corrected chi connectivity index (χ2v) is 6.91. The van der Waals surface area contributed by atoms with Crippen molar-refractivity contribution in [1.82, 2.24) is 4.90 Å². The Bertz CT molecular complexity index is 783. The Balaban J connectivity index is 1.52. The molecule has 1 heterocycles. The number of nitrogens with two attached hydrogens (primary N) is 1. The van der Waals surface area contributed by atoms with Gasteiger partial charge in [-0.2, -0.15) is 0 Å². The molecule has 0 bridgehead atoms. The maximum atomic E-state index is 14.0. The minimum atomic E-state index is -0.916. The maximum absolute atomic E-state index is 14.0. The zero-order chi connectivity index (χ0) is 17.4. The van der Waals surface area contributed by atoms with Crippen molar-refractivity contribution >= 4 is 5.91 Å². The molecule has 2 aliphatic rings. The molecule has 1 aliphatic carbocycles. The Hall–Kier alpha value is -2.24. The van der Waals surface area contributed by atoms with Gasteiger partial charge in [0.15, 0.2) is 0 Å². The van der Waals surface area contributed by atoms with Crippen LogP contribution in [0.2, 0.25) is 0 Å². The zero-order valence-electron chi connectivity index (χ0n) is 14.0. The van der Waals surface area contributed by atoms with E-state index in [2.05, 4.69) is 0 Å². The molecule has 4 rings (SSSR count). The number of hydrogen-bond acceptors (Lipinski definition) is 3. The normalized spacial score (nSPS) is 21.8. The summed E-state index contributed by atoms with van der Waals surface area (Å²) in [7, 11) is 0. The van der Waals surface area contributed by atoms with Crippen LogP contribution in [0.25, 0.3) is 0 Å². The van der Waals surface area contributed by atoms with Crippen molar-refractivity contribution in [2.45, 2.75) is 24.5 Å². The monoisotopic (exact) mass is 340 g/mol. The minimum Gasteiger partial charge on any atom is -0.370 e. The molecule has 0 saturated carbocycles. The standard InChI is InChI=1S/C20H21FN2O2/c21-17-8-4-3-7-16(17)18-13-23(9-10-25-18)19(24)20(22)11-14-5-1-2-6-15(14)12-20/h1-8,18H,9-13,22H2. The molecular formula is C20H21FN2O2. The van der Waals surface area contributed by atoms with Crippen molar-refractivity contribution in [2.24, 2.45) is 5.73 Å². The fraction of sp³-hybridized carbons (Fsp3) is 0.350. The minimum absolute atomic E-state index is 0.0756. The van der Waals surface area contributed by atoms with E-state index in [4.69, 9.17) is 10.5 Å². The largest absolute Gasteiger partial charge is 0.370 e. The van der Waals surface area contributed by atoms with Gasteiger partial charge in [0.25, 0.3) is 0 Å². The molecule has 4 nitrogen and oxygen atoms in total. The number of morpholine rings is 1. The average molecular weight is 340 g/mol. The van der Waals surface area contributed by atoms with Gasteiger partial charge in [-0.25, -0.2) is 4.39 Å². The van der Waals surface area contributed by atoms with Crippen molar-refractivity contribution in [3.63, 3.8) is 0 Å². The van der Waals surface area contributed by atoms with Crippen LogP contribution >= 0.6 is 0 Å². The lowest BCUT2D eigenvalue weighted by Crippen LogP contribution is -2.58. The van der Waals surface area contributed by atoms with Crippen LogP contribution in [0, 0.1) is 5.82 Å². The van der Waals surface area contributed by atoms with Crippen molar-refractivity contribution < 1.29 is 13.9 Å². The van der Waals surface area contributed by atoms with Crippen molar-refractivity contribution in [3.8, 4) is 0 Å². The molecular weight excluding hydrogens is 319 g/mol. The summed E-state index contributed by atoms with van der Waals surface area (Å²) < 4.78 is 19.8. The topological polar surface area (TPSA) is 55.6 Å². The van der Waals surface area contributed by atoms with Crippen LogP contribution in [-0.2, 0) is 22.4 Å². The summed E-state index contributed by atoms with van der Waals surface area (Å²) in [4.78, 5) is 14.8. The van der Waals surface area contributed by atoms with Crippen molar-refractivity contribution in [3.05, 3.63) is 71.0 Å². The summed E-state index contributed by atoms with van der Waals surface area (Å²) in [6.45, 7) is 1.20. The number of nitrogens with zero attached hydrogens (tertiary/aromatic N) is 1. The van der Waals surface area contributed by atoms with Crippen molar-refractivity contribution in [2.75, 3.05) is 19.7 Å². The molecule has 1 aliphatic heterocycles. The summed E-state index contributed by atoms with van der Waals surface area (Å²) in [5.74, 6) is -0.383. The van der Waals surface area contributed by atoms with Crippen LogP contribution in [0.3, 0.4) is 0 Å². The quantitative estimate of drug-likeness (QED) is 0.912. The van der Waals surface area contributed by atoms with Gasteiger partial charge in [0, 0.05) is 12.1 Å². The zero-order valence-corrected chi connectivity index (χ0v) is 14.0. The second kappa shape index (κ2) is 6.24. The lowest BCUT2D eigenvalue weighted by molar-refractivity contribution is -0.144. The molecule has 1 saturated heterocycles. The summed E-state index contributed by atoms with van der Waals surface area (Å²) in [5, 5.41) is 0. The Morgan fingerprint density at radius 2 is 1.76 bits per heavy atom. The van der Waals surface area contributed by atoms with Crippen molar-refractivity contribution in [1.29, 1.82) is 0 Å². The maximum Gasteiger partial charge on any atom is 0.243 e. The summed E-state index contributed by atoms with van der Waals surface area (Å²) >= 11 is 0. The van der Waals surface area contributed by atoms with Crippen LogP contribution in [-0.4, -0.2) is 36.0 Å². The molecule has 0 aromatic heterocycles. The van der Waals surface area contributed by atoms with Gasteiger partial charge in [-0.3, -0.25) is 4.79 Å². The van der Waals surface area contributed by atoms with Gasteiger partial charge < -0.3 is 15.4 Å². The molecule has 1 fully saturated rings. The molecule has 5 heteroatoms. The van der Waals surface area contributed by atoms with E-state index in [1.807, 2.05) is 24.3 Å². The van der Waals surface area contributed by atoms with E-state index in [0.29, 0.717) is 38.1 Å². The SMILES string of the molecule is NC1(C(=O)N2CCOC(c3ccccc3F)C2)Cc2ccccc2C1. The third-order valence-corrected chi connectivity index (χ3v) is 5.16. The molecule has 1 unspecified atom stereocenters. The fourth-order valence-electron chi connectivity index (χ4n) is 3.87. The predicted octanol–water partition coefficient (Wildman–Crippen LogP) is 2.22. The molecule has 2 aromatic carbocycles. The fourth-order valence-corrected chi connectivity index (χ4v) is 3.87. The molecule has 25 heavy (non-hydrogen) atoms. The van der Waals surface area contributed by atoms with Gasteiger partial charge in [-0.15, -0.1) is 0 Å². The number of amides is 1. The van der Waals surface area contributed by atoms with Gasteiger partial charge in [0.05, 0.1) is 13.2 Å². The van der Waals surface area contributed by atoms with E-state index in [9.17, 15) is 9.18 Å². The molecule has 1 amide bonds. The third-order valence-electron chi connectivity index (χ3n) is 5.16. The smallest absolute Gasteiger partial charge is 0.243 e. The van der Waals surface area contributed by atoms with E-state index >= 15 is 0 Å². The van der Waals surface area contributed by atoms with E-state index in [1.54, 1.807) is 23.1 Å². The highest BCUT2D eigenvalue weighted by Crippen LogP contribution is 2.32. The molecule has 2 aromatic rings. The number of hydrogen-bond donors (Lipinski definition) is 1. The van der Waals surface area contributed by atoms with Gasteiger partial charge in [0.1, 0.15) is 17.5 Å². The van der Waals surface area contributed by atoms with E-state index in [0.717, 1.165) is 11.1 Å². The van der Waals surface area contributed by atoms with Gasteiger partial charge >= 0.3 is 0 Å². The van der Waals surface area contributed by atoms with E-state index in [-0.39, 0.29) is 11.7 Å². The summed E-state index contributed by atoms with van der Waals surface area (Å²) in [6.07, 6.45) is 0.638. The molecule has 130 valence electrons. The first-order chi connectivity index (χ1) is 12.1. The van der Waals surface area contributed by atoms with E-state index < -0.39 is 11.6 Å². The number of benzene rings is 2. The Kier molecular flexibility index (Phi) is 4.06. The van der Waals surface area contributed by atoms with Crippen LogP contribution in [0.1, 0.15) is 22.8 Å². The summed E-state index contributed by atoms with van der Waals surface area (Å²) in [6, 6.07) is 14.5. The molecule has 2 N–H and O–H groups in total. The average Bonchev–Trinajstić information content (AvgIpc) is 2.99. The van der Waals surface area contributed by atoms with Gasteiger partial charge in [-0.1, -0.05) is 42.5 Å². The number of ether oxygens (including phenoxy) is 1. The third kappa shape index (κ3) is 2.94. The highest BCUT2D eigenvalue weighted by molar-refractivity contribution is 5.88. The molecule has 1 atom stereocenters. The number of fused-ring (bicyclic) bond motifs is 1. The van der Waals surface area contributed by atoms with Gasteiger partial charge in [-0.05, 0) is 30.0 Å². The Morgan fingerprint density at radius 1 is 1.12 bits per heavy atom. The van der Waals surface area contributed by atoms with Crippen LogP contribution < -0.4 is 5.73 Å². The Labute approximate surface area is 146 Å². The van der Waals surface area contributed by atoms with Crippen LogP contribution in [0.15, 0.2) is 48.5 Å². The van der Waals surface area contributed by atoms with Crippen LogP contribution in [0.5, 0.6) is 0 Å². The second-order valence-electron chi connectivity index (χ2n) is 6.91. The first-order valence-corrected chi connectivity index (χ1v) is 8.58. The number of rotatable bonds is 2. The molecule has 0 spiro atoms. The van der Waals surface area contributed by atoms with Crippen LogP contribution in [0.4, 0.5) is 4.39 Å². The number of carbonyl (C=O) groups is 1. The lowest BCUT2D eigenvalue weighted by atomic mass is 9.94. The van der Waals surface area contributed by atoms with E-state index in [1.165, 1.54) is 6.07 Å². The first kappa shape index (κ1) is 16.2. The number of halogens is 1. The highest BCUT2D eigenvalue weighted by Gasteiger charge is 2.43. The summed E-state index contributed by atoms with van der Waals surface area (Å²) in [5.41, 5.74) is 8.34. The first-order valence-electron chi connectivity index (χ1n) is 8.58. The Morgan fingerprint density at radius 3 is 2.44 bits per heavy atom. The lowest BCUT2D eigenvalue weighted by Gasteiger charge is -2.37. The molecule has 0 radical (unpaired) electrons. The number of carbonyl (C=O) groups excluding carboxylic acids is 1. The highest BCUT2D eigenvalue weighted by atomic mass is 19.1. The van der Waals surface area contributed by atoms with Gasteiger partial charge in [0.2, 0.25) is 5.91 Å².